The number of rotatable bonds is 14. The zero-order valence-electron chi connectivity index (χ0n) is 19.1. The van der Waals surface area contributed by atoms with Gasteiger partial charge in [-0.1, -0.05) is 55.9 Å². The van der Waals surface area contributed by atoms with Gasteiger partial charge in [-0.25, -0.2) is 9.59 Å². The van der Waals surface area contributed by atoms with Crippen molar-refractivity contribution in [1.82, 2.24) is 10.6 Å². The Hall–Kier alpha value is -2.24. The second kappa shape index (κ2) is 15.6. The Morgan fingerprint density at radius 1 is 1.09 bits per heavy atom. The second-order valence-corrected chi connectivity index (χ2v) is 9.82. The summed E-state index contributed by atoms with van der Waals surface area (Å²) in [6.45, 7) is 3.86. The lowest BCUT2D eigenvalue weighted by molar-refractivity contribution is -0.141. The number of thioether (sulfide) groups is 2. The average molecular weight is 500 g/mol. The summed E-state index contributed by atoms with van der Waals surface area (Å²) in [7, 11) is 0. The molecule has 0 fully saturated rings. The first kappa shape index (κ1) is 28.8. The minimum Gasteiger partial charge on any atom is -0.480 e. The first-order valence-corrected chi connectivity index (χ1v) is 12.9. The fourth-order valence-corrected chi connectivity index (χ4v) is 4.09. The molecule has 0 aliphatic carbocycles. The van der Waals surface area contributed by atoms with Crippen molar-refractivity contribution in [2.45, 2.75) is 51.4 Å². The SMILES string of the molecule is CSCC[C@H](N)C(=O)N[C@@H](CSC(=O)[C@H](CC(C)C)NC(=O)OCc1ccccc1)C(=O)O. The Morgan fingerprint density at radius 3 is 2.33 bits per heavy atom. The average Bonchev–Trinajstić information content (AvgIpc) is 2.78. The van der Waals surface area contributed by atoms with E-state index in [1.807, 2.05) is 50.4 Å². The van der Waals surface area contributed by atoms with Crippen LogP contribution in [0, 0.1) is 5.92 Å². The highest BCUT2D eigenvalue weighted by atomic mass is 32.2. The lowest BCUT2D eigenvalue weighted by Crippen LogP contribution is -2.50. The van der Waals surface area contributed by atoms with Gasteiger partial charge < -0.3 is 26.2 Å². The number of hydrogen-bond acceptors (Lipinski definition) is 8. The third kappa shape index (κ3) is 12.0. The van der Waals surface area contributed by atoms with Crippen molar-refractivity contribution in [3.05, 3.63) is 35.9 Å². The molecule has 11 heteroatoms. The van der Waals surface area contributed by atoms with Crippen molar-refractivity contribution in [2.24, 2.45) is 11.7 Å². The molecular weight excluding hydrogens is 466 g/mol. The van der Waals surface area contributed by atoms with Gasteiger partial charge in [-0.3, -0.25) is 9.59 Å². The van der Waals surface area contributed by atoms with Gasteiger partial charge >= 0.3 is 12.1 Å². The molecule has 0 saturated carbocycles. The normalized spacial score (nSPS) is 13.6. The third-order valence-electron chi connectivity index (χ3n) is 4.47. The lowest BCUT2D eigenvalue weighted by atomic mass is 10.1. The van der Waals surface area contributed by atoms with E-state index in [2.05, 4.69) is 10.6 Å². The number of nitrogens with two attached hydrogens (primary N) is 1. The molecule has 0 aliphatic heterocycles. The molecular formula is C22H33N3O6S2. The lowest BCUT2D eigenvalue weighted by Gasteiger charge is -2.21. The monoisotopic (exact) mass is 499 g/mol. The first-order valence-electron chi connectivity index (χ1n) is 10.6. The maximum atomic E-state index is 12.7. The molecule has 0 spiro atoms. The highest BCUT2D eigenvalue weighted by Gasteiger charge is 2.28. The number of alkyl carbamates (subject to hydrolysis) is 1. The summed E-state index contributed by atoms with van der Waals surface area (Å²) < 4.78 is 5.19. The molecule has 9 nitrogen and oxygen atoms in total. The van der Waals surface area contributed by atoms with E-state index in [9.17, 15) is 24.3 Å². The fourth-order valence-electron chi connectivity index (χ4n) is 2.69. The molecule has 0 heterocycles. The van der Waals surface area contributed by atoms with Gasteiger partial charge in [-0.2, -0.15) is 11.8 Å². The molecule has 2 amide bonds. The zero-order valence-corrected chi connectivity index (χ0v) is 20.7. The Bertz CT molecular complexity index is 779. The number of ether oxygens (including phenoxy) is 1. The number of carboxylic acid groups (broad SMARTS) is 1. The van der Waals surface area contributed by atoms with Crippen LogP contribution in [0.25, 0.3) is 0 Å². The summed E-state index contributed by atoms with van der Waals surface area (Å²) in [5.41, 5.74) is 6.59. The smallest absolute Gasteiger partial charge is 0.408 e. The molecule has 1 aromatic carbocycles. The molecule has 3 atom stereocenters. The molecule has 0 aromatic heterocycles. The minimum atomic E-state index is -1.28. The molecule has 0 aliphatic rings. The Morgan fingerprint density at radius 2 is 1.76 bits per heavy atom. The van der Waals surface area contributed by atoms with E-state index in [1.54, 1.807) is 0 Å². The number of carboxylic acids is 1. The largest absolute Gasteiger partial charge is 0.480 e. The summed E-state index contributed by atoms with van der Waals surface area (Å²) in [5, 5.41) is 14.0. The number of carbonyl (C=O) groups excluding carboxylic acids is 3. The third-order valence-corrected chi connectivity index (χ3v) is 6.19. The summed E-state index contributed by atoms with van der Waals surface area (Å²) in [6.07, 6.45) is 1.92. The number of hydrogen-bond donors (Lipinski definition) is 4. The summed E-state index contributed by atoms with van der Waals surface area (Å²) in [5.74, 6) is -1.27. The van der Waals surface area contributed by atoms with Crippen LogP contribution in [0.5, 0.6) is 0 Å². The van der Waals surface area contributed by atoms with Crippen LogP contribution in [-0.4, -0.2) is 64.1 Å². The Balaban J connectivity index is 2.64. The predicted molar refractivity (Wildman–Crippen MR) is 131 cm³/mol. The van der Waals surface area contributed by atoms with Gasteiger partial charge in [0.05, 0.1) is 6.04 Å². The van der Waals surface area contributed by atoms with E-state index in [1.165, 1.54) is 11.8 Å². The quantitative estimate of drug-likeness (QED) is 0.302. The van der Waals surface area contributed by atoms with Crippen molar-refractivity contribution in [2.75, 3.05) is 17.8 Å². The zero-order chi connectivity index (χ0) is 24.8. The van der Waals surface area contributed by atoms with Crippen LogP contribution in [0.2, 0.25) is 0 Å². The van der Waals surface area contributed by atoms with E-state index in [0.29, 0.717) is 18.6 Å². The Labute approximate surface area is 203 Å². The highest BCUT2D eigenvalue weighted by Crippen LogP contribution is 2.15. The Kier molecular flexibility index (Phi) is 13.6. The van der Waals surface area contributed by atoms with Gasteiger partial charge in [0.15, 0.2) is 0 Å². The van der Waals surface area contributed by atoms with Gasteiger partial charge in [-0.05, 0) is 36.3 Å². The van der Waals surface area contributed by atoms with E-state index in [0.717, 1.165) is 17.3 Å². The summed E-state index contributed by atoms with van der Waals surface area (Å²) >= 11 is 2.27. The summed E-state index contributed by atoms with van der Waals surface area (Å²) in [6, 6.07) is 6.17. The molecule has 1 rings (SSSR count). The van der Waals surface area contributed by atoms with Crippen LogP contribution < -0.4 is 16.4 Å². The molecule has 0 radical (unpaired) electrons. The maximum absolute atomic E-state index is 12.7. The molecule has 33 heavy (non-hydrogen) atoms. The topological polar surface area (TPSA) is 148 Å². The van der Waals surface area contributed by atoms with Crippen molar-refractivity contribution in [3.63, 3.8) is 0 Å². The van der Waals surface area contributed by atoms with E-state index < -0.39 is 41.2 Å². The molecule has 0 unspecified atom stereocenters. The van der Waals surface area contributed by atoms with Gasteiger partial charge in [0.25, 0.3) is 0 Å². The van der Waals surface area contributed by atoms with Crippen LogP contribution in [0.1, 0.15) is 32.3 Å². The highest BCUT2D eigenvalue weighted by molar-refractivity contribution is 8.13. The molecule has 5 N–H and O–H groups in total. The van der Waals surface area contributed by atoms with E-state index in [-0.39, 0.29) is 18.3 Å². The van der Waals surface area contributed by atoms with Gasteiger partial charge in [0, 0.05) is 5.75 Å². The minimum absolute atomic E-state index is 0.0618. The number of aliphatic carboxylic acids is 1. The number of nitrogens with one attached hydrogen (secondary N) is 2. The maximum Gasteiger partial charge on any atom is 0.408 e. The van der Waals surface area contributed by atoms with Crippen molar-refractivity contribution < 1.29 is 29.0 Å². The molecule has 184 valence electrons. The molecule has 1 aromatic rings. The van der Waals surface area contributed by atoms with Gasteiger partial charge in [-0.15, -0.1) is 0 Å². The van der Waals surface area contributed by atoms with E-state index in [4.69, 9.17) is 10.5 Å². The van der Waals surface area contributed by atoms with Crippen molar-refractivity contribution in [1.29, 1.82) is 0 Å². The van der Waals surface area contributed by atoms with Gasteiger partial charge in [0.1, 0.15) is 18.7 Å². The second-order valence-electron chi connectivity index (χ2n) is 7.81. The van der Waals surface area contributed by atoms with Gasteiger partial charge in [0.2, 0.25) is 11.0 Å². The van der Waals surface area contributed by atoms with Crippen molar-refractivity contribution >= 4 is 46.6 Å². The van der Waals surface area contributed by atoms with Crippen LogP contribution in [0.3, 0.4) is 0 Å². The standard InChI is InChI=1S/C22H33N3O6S2/c1-14(2)11-17(25-22(30)31-12-15-7-5-4-6-8-15)21(29)33-13-18(20(27)28)24-19(26)16(23)9-10-32-3/h4-8,14,16-18H,9-13,23H2,1-3H3,(H,24,26)(H,25,30)(H,27,28)/t16-,17-,18-/m0/s1. The number of amides is 2. The van der Waals surface area contributed by atoms with Crippen molar-refractivity contribution in [3.8, 4) is 0 Å². The van der Waals surface area contributed by atoms with Crippen LogP contribution >= 0.6 is 23.5 Å². The van der Waals surface area contributed by atoms with Crippen LogP contribution in [0.15, 0.2) is 30.3 Å². The van der Waals surface area contributed by atoms with Crippen LogP contribution in [-0.2, 0) is 25.7 Å². The molecule has 0 saturated heterocycles. The fraction of sp³-hybridized carbons (Fsp3) is 0.545. The molecule has 0 bridgehead atoms. The first-order chi connectivity index (χ1) is 15.6. The summed E-state index contributed by atoms with van der Waals surface area (Å²) in [4.78, 5) is 48.6. The number of carbonyl (C=O) groups is 4. The number of benzene rings is 1. The predicted octanol–water partition coefficient (Wildman–Crippen LogP) is 2.24. The van der Waals surface area contributed by atoms with E-state index >= 15 is 0 Å². The van der Waals surface area contributed by atoms with Crippen LogP contribution in [0.4, 0.5) is 4.79 Å².